The molecule has 0 saturated carbocycles. The van der Waals surface area contributed by atoms with E-state index >= 15 is 0 Å². The van der Waals surface area contributed by atoms with E-state index in [1.807, 2.05) is 30.5 Å². The van der Waals surface area contributed by atoms with Gasteiger partial charge in [-0.25, -0.2) is 0 Å². The summed E-state index contributed by atoms with van der Waals surface area (Å²) in [5.74, 6) is 0.621. The third-order valence-electron chi connectivity index (χ3n) is 4.52. The number of nitrogens with zero attached hydrogens (tertiary/aromatic N) is 2. The SMILES string of the molecule is Cc1ccccc1SCC(=O)NC1CCN(Cc2ccccn2)CC1. The number of thioether (sulfide) groups is 1. The number of hydrogen-bond donors (Lipinski definition) is 1. The van der Waals surface area contributed by atoms with E-state index in [2.05, 4.69) is 40.3 Å². The minimum absolute atomic E-state index is 0.136. The van der Waals surface area contributed by atoms with Gasteiger partial charge in [0.1, 0.15) is 0 Å². The molecule has 4 nitrogen and oxygen atoms in total. The number of benzene rings is 1. The number of pyridine rings is 1. The Kier molecular flexibility index (Phi) is 6.48. The fourth-order valence-corrected chi connectivity index (χ4v) is 3.93. The van der Waals surface area contributed by atoms with Crippen LogP contribution in [0.1, 0.15) is 24.1 Å². The number of nitrogens with one attached hydrogen (secondary N) is 1. The van der Waals surface area contributed by atoms with Crippen molar-refractivity contribution in [2.24, 2.45) is 0 Å². The highest BCUT2D eigenvalue weighted by molar-refractivity contribution is 8.00. The first-order valence-electron chi connectivity index (χ1n) is 8.81. The predicted octanol–water partition coefficient (Wildman–Crippen LogP) is 3.26. The van der Waals surface area contributed by atoms with Crippen LogP contribution in [0.3, 0.4) is 0 Å². The Morgan fingerprint density at radius 3 is 2.68 bits per heavy atom. The summed E-state index contributed by atoms with van der Waals surface area (Å²) in [6, 6.07) is 14.5. The van der Waals surface area contributed by atoms with E-state index in [4.69, 9.17) is 0 Å². The van der Waals surface area contributed by atoms with Gasteiger partial charge in [0.15, 0.2) is 0 Å². The fraction of sp³-hybridized carbons (Fsp3) is 0.400. The van der Waals surface area contributed by atoms with E-state index < -0.39 is 0 Å². The van der Waals surface area contributed by atoms with Crippen molar-refractivity contribution in [3.05, 3.63) is 59.9 Å². The van der Waals surface area contributed by atoms with Gasteiger partial charge in [-0.2, -0.15) is 0 Å². The van der Waals surface area contributed by atoms with E-state index in [1.54, 1.807) is 11.8 Å². The van der Waals surface area contributed by atoms with E-state index in [1.165, 1.54) is 10.5 Å². The van der Waals surface area contributed by atoms with E-state index in [-0.39, 0.29) is 5.91 Å². The number of aromatic nitrogens is 1. The first-order valence-corrected chi connectivity index (χ1v) is 9.79. The van der Waals surface area contributed by atoms with Crippen LogP contribution in [0.4, 0.5) is 0 Å². The zero-order valence-electron chi connectivity index (χ0n) is 14.6. The Hall–Kier alpha value is -1.85. The summed E-state index contributed by atoms with van der Waals surface area (Å²) in [5.41, 5.74) is 2.34. The minimum atomic E-state index is 0.136. The molecular formula is C20H25N3OS. The van der Waals surface area contributed by atoms with Crippen LogP contribution in [-0.2, 0) is 11.3 Å². The summed E-state index contributed by atoms with van der Waals surface area (Å²) in [6.07, 6.45) is 3.86. The molecule has 0 unspecified atom stereocenters. The van der Waals surface area contributed by atoms with Crippen molar-refractivity contribution in [1.82, 2.24) is 15.2 Å². The number of aryl methyl sites for hydroxylation is 1. The van der Waals surface area contributed by atoms with Gasteiger partial charge >= 0.3 is 0 Å². The highest BCUT2D eigenvalue weighted by Gasteiger charge is 2.21. The Morgan fingerprint density at radius 1 is 1.20 bits per heavy atom. The summed E-state index contributed by atoms with van der Waals surface area (Å²) < 4.78 is 0. The van der Waals surface area contributed by atoms with Crippen molar-refractivity contribution in [2.45, 2.75) is 37.2 Å². The first-order chi connectivity index (χ1) is 12.2. The smallest absolute Gasteiger partial charge is 0.230 e. The van der Waals surface area contributed by atoms with Gasteiger partial charge in [-0.1, -0.05) is 24.3 Å². The van der Waals surface area contributed by atoms with Crippen LogP contribution in [0.25, 0.3) is 0 Å². The number of carbonyl (C=O) groups excluding carboxylic acids is 1. The molecule has 1 aromatic carbocycles. The molecule has 0 atom stereocenters. The van der Waals surface area contributed by atoms with Crippen molar-refractivity contribution in [2.75, 3.05) is 18.8 Å². The summed E-state index contributed by atoms with van der Waals surface area (Å²) in [6.45, 7) is 4.99. The van der Waals surface area contributed by atoms with Crippen LogP contribution < -0.4 is 5.32 Å². The Balaban J connectivity index is 1.38. The molecule has 1 aliphatic rings. The molecule has 1 aromatic heterocycles. The average Bonchev–Trinajstić information content (AvgIpc) is 2.64. The standard InChI is InChI=1S/C20H25N3OS/c1-16-6-2-3-8-19(16)25-15-20(24)22-17-9-12-23(13-10-17)14-18-7-4-5-11-21-18/h2-8,11,17H,9-10,12-15H2,1H3,(H,22,24). The molecule has 1 fully saturated rings. The Bertz CT molecular complexity index is 684. The van der Waals surface area contributed by atoms with Crippen molar-refractivity contribution in [1.29, 1.82) is 0 Å². The molecule has 2 heterocycles. The normalized spacial score (nSPS) is 15.9. The first kappa shape index (κ1) is 18.0. The van der Waals surface area contributed by atoms with Gasteiger partial charge in [-0.3, -0.25) is 14.7 Å². The van der Waals surface area contributed by atoms with E-state index in [0.717, 1.165) is 38.2 Å². The van der Waals surface area contributed by atoms with Crippen molar-refractivity contribution in [3.63, 3.8) is 0 Å². The molecule has 5 heteroatoms. The molecule has 0 spiro atoms. The van der Waals surface area contributed by atoms with Gasteiger partial charge in [0.2, 0.25) is 5.91 Å². The number of hydrogen-bond acceptors (Lipinski definition) is 4. The maximum atomic E-state index is 12.2. The second-order valence-corrected chi connectivity index (χ2v) is 7.51. The lowest BCUT2D eigenvalue weighted by Gasteiger charge is -2.32. The van der Waals surface area contributed by atoms with Gasteiger partial charge in [-0.05, 0) is 43.5 Å². The van der Waals surface area contributed by atoms with Gasteiger partial charge in [0, 0.05) is 36.8 Å². The summed E-state index contributed by atoms with van der Waals surface area (Å²) >= 11 is 1.62. The lowest BCUT2D eigenvalue weighted by molar-refractivity contribution is -0.119. The molecule has 0 bridgehead atoms. The van der Waals surface area contributed by atoms with E-state index in [9.17, 15) is 4.79 Å². The number of rotatable bonds is 6. The molecular weight excluding hydrogens is 330 g/mol. The minimum Gasteiger partial charge on any atom is -0.353 e. The largest absolute Gasteiger partial charge is 0.353 e. The molecule has 132 valence electrons. The third kappa shape index (κ3) is 5.58. The molecule has 1 aliphatic heterocycles. The van der Waals surface area contributed by atoms with Crippen LogP contribution in [0.5, 0.6) is 0 Å². The number of carbonyl (C=O) groups is 1. The highest BCUT2D eigenvalue weighted by Crippen LogP contribution is 2.21. The monoisotopic (exact) mass is 355 g/mol. The zero-order valence-corrected chi connectivity index (χ0v) is 15.5. The Labute approximate surface area is 154 Å². The van der Waals surface area contributed by atoms with Crippen LogP contribution in [-0.4, -0.2) is 40.7 Å². The average molecular weight is 356 g/mol. The van der Waals surface area contributed by atoms with Gasteiger partial charge in [0.05, 0.1) is 11.4 Å². The van der Waals surface area contributed by atoms with Gasteiger partial charge in [0.25, 0.3) is 0 Å². The maximum absolute atomic E-state index is 12.2. The lowest BCUT2D eigenvalue weighted by Crippen LogP contribution is -2.44. The topological polar surface area (TPSA) is 45.2 Å². The van der Waals surface area contributed by atoms with E-state index in [0.29, 0.717) is 11.8 Å². The number of likely N-dealkylation sites (tertiary alicyclic amines) is 1. The van der Waals surface area contributed by atoms with Gasteiger partial charge in [-0.15, -0.1) is 11.8 Å². The van der Waals surface area contributed by atoms with Gasteiger partial charge < -0.3 is 5.32 Å². The Morgan fingerprint density at radius 2 is 1.96 bits per heavy atom. The quantitative estimate of drug-likeness (QED) is 0.808. The van der Waals surface area contributed by atoms with Crippen molar-refractivity contribution >= 4 is 17.7 Å². The molecule has 1 amide bonds. The molecule has 2 aromatic rings. The third-order valence-corrected chi connectivity index (χ3v) is 5.69. The summed E-state index contributed by atoms with van der Waals surface area (Å²) in [7, 11) is 0. The second kappa shape index (κ2) is 9.02. The highest BCUT2D eigenvalue weighted by atomic mass is 32.2. The lowest BCUT2D eigenvalue weighted by atomic mass is 10.0. The van der Waals surface area contributed by atoms with Crippen LogP contribution in [0.2, 0.25) is 0 Å². The van der Waals surface area contributed by atoms with Crippen molar-refractivity contribution < 1.29 is 4.79 Å². The molecule has 25 heavy (non-hydrogen) atoms. The zero-order chi connectivity index (χ0) is 17.5. The predicted molar refractivity (Wildman–Crippen MR) is 103 cm³/mol. The molecule has 1 N–H and O–H groups in total. The molecule has 3 rings (SSSR count). The van der Waals surface area contributed by atoms with Crippen LogP contribution in [0, 0.1) is 6.92 Å². The summed E-state index contributed by atoms with van der Waals surface area (Å²) in [4.78, 5) is 20.2. The number of piperidine rings is 1. The van der Waals surface area contributed by atoms with Crippen LogP contribution >= 0.6 is 11.8 Å². The number of amides is 1. The maximum Gasteiger partial charge on any atom is 0.230 e. The van der Waals surface area contributed by atoms with Crippen molar-refractivity contribution in [3.8, 4) is 0 Å². The molecule has 0 aliphatic carbocycles. The van der Waals surface area contributed by atoms with Crippen LogP contribution in [0.15, 0.2) is 53.6 Å². The summed E-state index contributed by atoms with van der Waals surface area (Å²) in [5, 5.41) is 3.19. The molecule has 1 saturated heterocycles. The fourth-order valence-electron chi connectivity index (χ4n) is 3.09. The molecule has 0 radical (unpaired) electrons. The second-order valence-electron chi connectivity index (χ2n) is 6.49.